The molecule has 1 aliphatic carbocycles. The lowest BCUT2D eigenvalue weighted by Crippen LogP contribution is -2.41. The topological polar surface area (TPSA) is 135 Å². The summed E-state index contributed by atoms with van der Waals surface area (Å²) >= 11 is 1.44. The molecular formula is C29H29N7O3S. The van der Waals surface area contributed by atoms with Crippen molar-refractivity contribution in [2.45, 2.75) is 58.2 Å². The molecule has 0 spiro atoms. The third-order valence-electron chi connectivity index (χ3n) is 6.26. The third-order valence-corrected chi connectivity index (χ3v) is 7.30. The van der Waals surface area contributed by atoms with Crippen molar-refractivity contribution in [1.82, 2.24) is 25.3 Å². The van der Waals surface area contributed by atoms with Gasteiger partial charge in [-0.15, -0.1) is 16.4 Å². The molecule has 2 N–H and O–H groups in total. The maximum absolute atomic E-state index is 13.0. The Morgan fingerprint density at radius 1 is 1.20 bits per heavy atom. The summed E-state index contributed by atoms with van der Waals surface area (Å²) in [5, 5.41) is 23.8. The normalized spacial score (nSPS) is 14.6. The lowest BCUT2D eigenvalue weighted by atomic mass is 9.98. The lowest BCUT2D eigenvalue weighted by molar-refractivity contribution is 0.0500. The van der Waals surface area contributed by atoms with Gasteiger partial charge in [0.1, 0.15) is 11.3 Å². The number of carbonyl (C=O) groups excluding carboxylic acids is 2. The summed E-state index contributed by atoms with van der Waals surface area (Å²) < 4.78 is 7.08. The Hall–Kier alpha value is -4.56. The van der Waals surface area contributed by atoms with Gasteiger partial charge in [-0.05, 0) is 63.4 Å². The third kappa shape index (κ3) is 6.71. The molecule has 0 unspecified atom stereocenters. The van der Waals surface area contributed by atoms with E-state index in [1.54, 1.807) is 22.9 Å². The van der Waals surface area contributed by atoms with E-state index in [4.69, 9.17) is 10.00 Å². The van der Waals surface area contributed by atoms with Crippen LogP contribution in [-0.4, -0.2) is 43.6 Å². The van der Waals surface area contributed by atoms with Gasteiger partial charge in [-0.25, -0.2) is 14.5 Å². The molecular weight excluding hydrogens is 526 g/mol. The Bertz CT molecular complexity index is 1580. The highest BCUT2D eigenvalue weighted by Gasteiger charge is 2.26. The number of alkyl carbamates (subject to hydrolysis) is 1. The smallest absolute Gasteiger partial charge is 0.407 e. The number of aryl methyl sites for hydroxylation is 1. The van der Waals surface area contributed by atoms with Crippen LogP contribution < -0.4 is 10.6 Å². The summed E-state index contributed by atoms with van der Waals surface area (Å²) in [6.45, 7) is 5.96. The standard InChI is InChI=1S/C29H29N7O3S/c1-29(2,3)39-28(38)31-22-11-12-23-25(14-22)40-27(32-23)33-26(37)21-6-4-5-19(13-21)16-36-17-24(34-35-36)20-9-7-18(15-30)8-10-20/h4-10,13,17,22H,11-12,14,16H2,1-3H3,(H,31,38)(H,32,33,37)/t22-/m1/s1. The fourth-order valence-corrected chi connectivity index (χ4v) is 5.50. The first-order valence-electron chi connectivity index (χ1n) is 12.9. The summed E-state index contributed by atoms with van der Waals surface area (Å²) in [6.07, 6.45) is 3.55. The molecule has 2 heterocycles. The number of anilines is 1. The largest absolute Gasteiger partial charge is 0.444 e. The first kappa shape index (κ1) is 27.0. The molecule has 10 nitrogen and oxygen atoms in total. The Balaban J connectivity index is 1.20. The highest BCUT2D eigenvalue weighted by molar-refractivity contribution is 7.15. The second-order valence-electron chi connectivity index (χ2n) is 10.6. The molecule has 11 heteroatoms. The molecule has 2 aromatic heterocycles. The van der Waals surface area contributed by atoms with Crippen molar-refractivity contribution in [3.63, 3.8) is 0 Å². The SMILES string of the molecule is CC(C)(C)OC(=O)N[C@@H]1CCc2nc(NC(=O)c3cccc(Cn4cc(-c5ccc(C#N)cc5)nn4)c3)sc2C1. The van der Waals surface area contributed by atoms with Gasteiger partial charge in [-0.1, -0.05) is 29.5 Å². The van der Waals surface area contributed by atoms with E-state index in [9.17, 15) is 9.59 Å². The van der Waals surface area contributed by atoms with Gasteiger partial charge in [0.25, 0.3) is 5.91 Å². The van der Waals surface area contributed by atoms with Gasteiger partial charge in [0.2, 0.25) is 0 Å². The Kier molecular flexibility index (Phi) is 7.62. The van der Waals surface area contributed by atoms with Crippen LogP contribution in [0.3, 0.4) is 0 Å². The fraction of sp³-hybridized carbons (Fsp3) is 0.310. The summed E-state index contributed by atoms with van der Waals surface area (Å²) in [5.41, 5.74) is 3.99. The Morgan fingerprint density at radius 2 is 2.00 bits per heavy atom. The molecule has 2 aromatic carbocycles. The number of aromatic nitrogens is 4. The Labute approximate surface area is 236 Å². The highest BCUT2D eigenvalue weighted by Crippen LogP contribution is 2.30. The van der Waals surface area contributed by atoms with Crippen LogP contribution in [-0.2, 0) is 24.1 Å². The van der Waals surface area contributed by atoms with E-state index in [1.165, 1.54) is 11.3 Å². The van der Waals surface area contributed by atoms with Crippen molar-refractivity contribution in [1.29, 1.82) is 5.26 Å². The number of nitriles is 1. The number of carbonyl (C=O) groups is 2. The molecule has 0 saturated heterocycles. The average Bonchev–Trinajstić information content (AvgIpc) is 3.54. The van der Waals surface area contributed by atoms with Crippen LogP contribution in [0, 0.1) is 11.3 Å². The van der Waals surface area contributed by atoms with Crippen LogP contribution in [0.1, 0.15) is 59.2 Å². The summed E-state index contributed by atoms with van der Waals surface area (Å²) in [4.78, 5) is 30.9. The molecule has 2 amide bonds. The summed E-state index contributed by atoms with van der Waals surface area (Å²) in [7, 11) is 0. The number of nitrogens with one attached hydrogen (secondary N) is 2. The second-order valence-corrected chi connectivity index (χ2v) is 11.7. The predicted molar refractivity (Wildman–Crippen MR) is 151 cm³/mol. The van der Waals surface area contributed by atoms with E-state index >= 15 is 0 Å². The number of nitrogens with zero attached hydrogens (tertiary/aromatic N) is 5. The van der Waals surface area contributed by atoms with E-state index < -0.39 is 11.7 Å². The van der Waals surface area contributed by atoms with Crippen molar-refractivity contribution in [3.05, 3.63) is 82.0 Å². The van der Waals surface area contributed by atoms with E-state index in [0.717, 1.165) is 34.5 Å². The van der Waals surface area contributed by atoms with E-state index in [0.29, 0.717) is 34.9 Å². The minimum Gasteiger partial charge on any atom is -0.444 e. The van der Waals surface area contributed by atoms with Crippen LogP contribution in [0.5, 0.6) is 0 Å². The maximum atomic E-state index is 13.0. The van der Waals surface area contributed by atoms with Crippen LogP contribution in [0.4, 0.5) is 9.93 Å². The molecule has 0 bridgehead atoms. The number of hydrogen-bond donors (Lipinski definition) is 2. The average molecular weight is 556 g/mol. The number of fused-ring (bicyclic) bond motifs is 1. The van der Waals surface area contributed by atoms with Crippen molar-refractivity contribution in [2.24, 2.45) is 0 Å². The molecule has 0 aliphatic heterocycles. The minimum absolute atomic E-state index is 0.0303. The zero-order chi connectivity index (χ0) is 28.3. The zero-order valence-electron chi connectivity index (χ0n) is 22.5. The lowest BCUT2D eigenvalue weighted by Gasteiger charge is -2.25. The molecule has 0 fully saturated rings. The number of hydrogen-bond acceptors (Lipinski definition) is 8. The summed E-state index contributed by atoms with van der Waals surface area (Å²) in [6, 6.07) is 16.6. The first-order valence-corrected chi connectivity index (χ1v) is 13.8. The van der Waals surface area contributed by atoms with Gasteiger partial charge in [0, 0.05) is 28.5 Å². The molecule has 5 rings (SSSR count). The van der Waals surface area contributed by atoms with Gasteiger partial charge >= 0.3 is 6.09 Å². The van der Waals surface area contributed by atoms with Crippen LogP contribution in [0.2, 0.25) is 0 Å². The van der Waals surface area contributed by atoms with Gasteiger partial charge in [-0.2, -0.15) is 5.26 Å². The van der Waals surface area contributed by atoms with Gasteiger partial charge in [0.15, 0.2) is 5.13 Å². The monoisotopic (exact) mass is 555 g/mol. The number of rotatable bonds is 6. The molecule has 204 valence electrons. The molecule has 0 saturated carbocycles. The van der Waals surface area contributed by atoms with Crippen LogP contribution in [0.15, 0.2) is 54.7 Å². The number of amides is 2. The maximum Gasteiger partial charge on any atom is 0.407 e. The number of benzene rings is 2. The summed E-state index contributed by atoms with van der Waals surface area (Å²) in [5.74, 6) is -0.242. The van der Waals surface area contributed by atoms with Crippen molar-refractivity contribution < 1.29 is 14.3 Å². The van der Waals surface area contributed by atoms with Gasteiger partial charge in [-0.3, -0.25) is 10.1 Å². The number of thiazole rings is 1. The van der Waals surface area contributed by atoms with Crippen LogP contribution >= 0.6 is 11.3 Å². The molecule has 40 heavy (non-hydrogen) atoms. The van der Waals surface area contributed by atoms with Gasteiger partial charge < -0.3 is 10.1 Å². The molecule has 4 aromatic rings. The van der Waals surface area contributed by atoms with Crippen molar-refractivity contribution in [2.75, 3.05) is 5.32 Å². The highest BCUT2D eigenvalue weighted by atomic mass is 32.1. The molecule has 0 radical (unpaired) electrons. The van der Waals surface area contributed by atoms with Crippen LogP contribution in [0.25, 0.3) is 11.3 Å². The Morgan fingerprint density at radius 3 is 2.75 bits per heavy atom. The molecule has 1 aliphatic rings. The minimum atomic E-state index is -0.548. The first-order chi connectivity index (χ1) is 19.1. The van der Waals surface area contributed by atoms with Gasteiger partial charge in [0.05, 0.1) is 30.1 Å². The quantitative estimate of drug-likeness (QED) is 0.343. The predicted octanol–water partition coefficient (Wildman–Crippen LogP) is 4.96. The second kappa shape index (κ2) is 11.3. The zero-order valence-corrected chi connectivity index (χ0v) is 23.3. The van der Waals surface area contributed by atoms with E-state index in [-0.39, 0.29) is 11.9 Å². The number of ether oxygens (including phenoxy) is 1. The van der Waals surface area contributed by atoms with E-state index in [1.807, 2.05) is 57.3 Å². The van der Waals surface area contributed by atoms with Crippen molar-refractivity contribution >= 4 is 28.5 Å². The molecule has 1 atom stereocenters. The fourth-order valence-electron chi connectivity index (χ4n) is 4.42. The van der Waals surface area contributed by atoms with Crippen molar-refractivity contribution in [3.8, 4) is 17.3 Å². The van der Waals surface area contributed by atoms with E-state index in [2.05, 4.69) is 32.0 Å².